The minimum atomic E-state index is -0.848. The van der Waals surface area contributed by atoms with E-state index >= 15 is 0 Å². The Kier molecular flexibility index (Phi) is 2.98. The summed E-state index contributed by atoms with van der Waals surface area (Å²) in [5.74, 6) is -2.39. The lowest BCUT2D eigenvalue weighted by molar-refractivity contribution is 0.0999. The van der Waals surface area contributed by atoms with Crippen LogP contribution in [-0.2, 0) is 5.33 Å². The van der Waals surface area contributed by atoms with Crippen LogP contribution in [-0.4, -0.2) is 5.91 Å². The van der Waals surface area contributed by atoms with Crippen molar-refractivity contribution in [1.82, 2.24) is 0 Å². The number of halogens is 3. The summed E-state index contributed by atoms with van der Waals surface area (Å²) in [4.78, 5) is 10.6. The van der Waals surface area contributed by atoms with E-state index in [1.54, 1.807) is 0 Å². The van der Waals surface area contributed by atoms with Gasteiger partial charge < -0.3 is 5.73 Å². The van der Waals surface area contributed by atoms with Gasteiger partial charge in [0.2, 0.25) is 5.91 Å². The van der Waals surface area contributed by atoms with Crippen molar-refractivity contribution >= 4 is 21.8 Å². The maximum absolute atomic E-state index is 13.0. The summed E-state index contributed by atoms with van der Waals surface area (Å²) < 4.78 is 26.0. The van der Waals surface area contributed by atoms with Crippen LogP contribution in [0.4, 0.5) is 8.78 Å². The Bertz CT molecular complexity index is 331. The molecule has 0 bridgehead atoms. The number of primary amides is 1. The molecule has 1 aromatic carbocycles. The van der Waals surface area contributed by atoms with E-state index in [4.69, 9.17) is 5.73 Å². The van der Waals surface area contributed by atoms with Gasteiger partial charge in [0.1, 0.15) is 11.6 Å². The van der Waals surface area contributed by atoms with Crippen molar-refractivity contribution in [2.45, 2.75) is 5.33 Å². The molecule has 0 fully saturated rings. The molecule has 0 atom stereocenters. The molecule has 0 spiro atoms. The van der Waals surface area contributed by atoms with Crippen molar-refractivity contribution in [2.24, 2.45) is 5.73 Å². The number of alkyl halides is 1. The average Bonchev–Trinajstić information content (AvgIpc) is 2.03. The third-order valence-corrected chi connectivity index (χ3v) is 2.12. The van der Waals surface area contributed by atoms with E-state index in [0.29, 0.717) is 0 Å². The van der Waals surface area contributed by atoms with E-state index in [1.165, 1.54) is 0 Å². The van der Waals surface area contributed by atoms with Crippen molar-refractivity contribution in [3.8, 4) is 0 Å². The van der Waals surface area contributed by atoms with Gasteiger partial charge in [0.05, 0.1) is 0 Å². The molecule has 70 valence electrons. The number of hydrogen-bond donors (Lipinski definition) is 1. The molecule has 1 aromatic rings. The van der Waals surface area contributed by atoms with Crippen molar-refractivity contribution in [3.05, 3.63) is 34.9 Å². The highest BCUT2D eigenvalue weighted by Gasteiger charge is 2.12. The molecule has 5 heteroatoms. The van der Waals surface area contributed by atoms with Gasteiger partial charge >= 0.3 is 0 Å². The largest absolute Gasteiger partial charge is 0.366 e. The molecule has 0 aromatic heterocycles. The van der Waals surface area contributed by atoms with Crippen LogP contribution in [0.1, 0.15) is 15.9 Å². The van der Waals surface area contributed by atoms with Crippen molar-refractivity contribution in [2.75, 3.05) is 0 Å². The van der Waals surface area contributed by atoms with Crippen LogP contribution in [0.15, 0.2) is 12.1 Å². The molecule has 13 heavy (non-hydrogen) atoms. The molecule has 0 saturated carbocycles. The Hall–Kier alpha value is -0.970. The van der Waals surface area contributed by atoms with Crippen LogP contribution in [0.25, 0.3) is 0 Å². The Labute approximate surface area is 81.9 Å². The summed E-state index contributed by atoms with van der Waals surface area (Å²) >= 11 is 2.92. The van der Waals surface area contributed by atoms with E-state index < -0.39 is 17.5 Å². The first-order valence-corrected chi connectivity index (χ1v) is 4.52. The maximum Gasteiger partial charge on any atom is 0.248 e. The van der Waals surface area contributed by atoms with Gasteiger partial charge in [-0.25, -0.2) is 8.78 Å². The molecule has 0 radical (unpaired) electrons. The zero-order valence-corrected chi connectivity index (χ0v) is 8.07. The zero-order chi connectivity index (χ0) is 10.0. The maximum atomic E-state index is 13.0. The number of carbonyl (C=O) groups excluding carboxylic acids is 1. The minimum absolute atomic E-state index is 0.0592. The second-order valence-corrected chi connectivity index (χ2v) is 2.98. The molecule has 0 aliphatic heterocycles. The van der Waals surface area contributed by atoms with Gasteiger partial charge in [0, 0.05) is 16.5 Å². The monoisotopic (exact) mass is 249 g/mol. The minimum Gasteiger partial charge on any atom is -0.366 e. The van der Waals surface area contributed by atoms with Crippen molar-refractivity contribution in [1.29, 1.82) is 0 Å². The van der Waals surface area contributed by atoms with Crippen LogP contribution in [0.2, 0.25) is 0 Å². The van der Waals surface area contributed by atoms with Gasteiger partial charge in [-0.05, 0) is 12.1 Å². The van der Waals surface area contributed by atoms with Gasteiger partial charge in [-0.1, -0.05) is 15.9 Å². The third-order valence-electron chi connectivity index (χ3n) is 1.56. The van der Waals surface area contributed by atoms with Gasteiger partial charge in [-0.2, -0.15) is 0 Å². The Morgan fingerprint density at radius 1 is 1.38 bits per heavy atom. The highest BCUT2D eigenvalue weighted by Crippen LogP contribution is 2.17. The summed E-state index contributed by atoms with van der Waals surface area (Å²) in [6.45, 7) is 0. The fraction of sp³-hybridized carbons (Fsp3) is 0.125. The van der Waals surface area contributed by atoms with Crippen LogP contribution in [0.3, 0.4) is 0 Å². The van der Waals surface area contributed by atoms with E-state index in [-0.39, 0.29) is 16.5 Å². The average molecular weight is 250 g/mol. The number of hydrogen-bond acceptors (Lipinski definition) is 1. The summed E-state index contributed by atoms with van der Waals surface area (Å²) in [5.41, 5.74) is 4.59. The third kappa shape index (κ3) is 2.03. The SMILES string of the molecule is NC(=O)c1cc(F)c(CBr)c(F)c1. The van der Waals surface area contributed by atoms with E-state index in [2.05, 4.69) is 15.9 Å². The van der Waals surface area contributed by atoms with Crippen molar-refractivity contribution in [3.63, 3.8) is 0 Å². The second kappa shape index (κ2) is 3.83. The molecule has 0 heterocycles. The van der Waals surface area contributed by atoms with Gasteiger partial charge in [0.15, 0.2) is 0 Å². The lowest BCUT2D eigenvalue weighted by Crippen LogP contribution is -2.12. The van der Waals surface area contributed by atoms with Crippen LogP contribution < -0.4 is 5.73 Å². The molecule has 2 N–H and O–H groups in total. The van der Waals surface area contributed by atoms with Gasteiger partial charge in [-0.3, -0.25) is 4.79 Å². The van der Waals surface area contributed by atoms with E-state index in [0.717, 1.165) is 12.1 Å². The highest BCUT2D eigenvalue weighted by atomic mass is 79.9. The molecule has 0 saturated heterocycles. The highest BCUT2D eigenvalue weighted by molar-refractivity contribution is 9.08. The molecule has 0 unspecified atom stereocenters. The Morgan fingerprint density at radius 3 is 2.15 bits per heavy atom. The summed E-state index contributed by atoms with van der Waals surface area (Å²) in [5, 5.41) is 0.0592. The zero-order valence-electron chi connectivity index (χ0n) is 6.48. The predicted molar refractivity (Wildman–Crippen MR) is 47.5 cm³/mol. The molecule has 1 amide bonds. The number of benzene rings is 1. The fourth-order valence-electron chi connectivity index (χ4n) is 0.873. The molecule has 2 nitrogen and oxygen atoms in total. The Balaban J connectivity index is 3.28. The molecule has 0 aliphatic carbocycles. The number of nitrogens with two attached hydrogens (primary N) is 1. The number of rotatable bonds is 2. The normalized spacial score (nSPS) is 10.1. The lowest BCUT2D eigenvalue weighted by Gasteiger charge is -2.02. The number of amides is 1. The van der Waals surface area contributed by atoms with Crippen molar-refractivity contribution < 1.29 is 13.6 Å². The fourth-order valence-corrected chi connectivity index (χ4v) is 1.41. The van der Waals surface area contributed by atoms with E-state index in [9.17, 15) is 13.6 Å². The Morgan fingerprint density at radius 2 is 1.85 bits per heavy atom. The first-order chi connectivity index (χ1) is 6.06. The van der Waals surface area contributed by atoms with E-state index in [1.807, 2.05) is 0 Å². The molecular formula is C8H6BrF2NO. The summed E-state index contributed by atoms with van der Waals surface area (Å²) in [6, 6.07) is 1.84. The van der Waals surface area contributed by atoms with Gasteiger partial charge in [-0.15, -0.1) is 0 Å². The van der Waals surface area contributed by atoms with Gasteiger partial charge in [0.25, 0.3) is 0 Å². The molecular weight excluding hydrogens is 244 g/mol. The number of carbonyl (C=O) groups is 1. The molecule has 0 aliphatic rings. The van der Waals surface area contributed by atoms with Crippen LogP contribution in [0.5, 0.6) is 0 Å². The quantitative estimate of drug-likeness (QED) is 0.801. The lowest BCUT2D eigenvalue weighted by atomic mass is 10.1. The van der Waals surface area contributed by atoms with Crippen LogP contribution in [0, 0.1) is 11.6 Å². The first-order valence-electron chi connectivity index (χ1n) is 3.40. The smallest absolute Gasteiger partial charge is 0.248 e. The predicted octanol–water partition coefficient (Wildman–Crippen LogP) is 1.96. The topological polar surface area (TPSA) is 43.1 Å². The standard InChI is InChI=1S/C8H6BrF2NO/c9-3-5-6(10)1-4(8(12)13)2-7(5)11/h1-2H,3H2,(H2,12,13). The second-order valence-electron chi connectivity index (χ2n) is 2.42. The molecule has 1 rings (SSSR count). The summed E-state index contributed by atoms with van der Waals surface area (Å²) in [6.07, 6.45) is 0. The first kappa shape index (κ1) is 10.1. The van der Waals surface area contributed by atoms with Crippen LogP contribution >= 0.6 is 15.9 Å². The summed E-state index contributed by atoms with van der Waals surface area (Å²) in [7, 11) is 0.